The fourth-order valence-electron chi connectivity index (χ4n) is 4.16. The quantitative estimate of drug-likeness (QED) is 0.717. The van der Waals surface area contributed by atoms with Gasteiger partial charge in [0.25, 0.3) is 0 Å². The van der Waals surface area contributed by atoms with Crippen LogP contribution < -0.4 is 0 Å². The summed E-state index contributed by atoms with van der Waals surface area (Å²) in [5.74, 6) is 0.857. The molecule has 0 aromatic heterocycles. The first-order chi connectivity index (χ1) is 9.73. The first-order valence-electron chi connectivity index (χ1n) is 8.51. The second-order valence-electron chi connectivity index (χ2n) is 6.45. The van der Waals surface area contributed by atoms with Crippen molar-refractivity contribution < 1.29 is 5.11 Å². The van der Waals surface area contributed by atoms with Crippen molar-refractivity contribution in [3.63, 3.8) is 0 Å². The Balaban J connectivity index is 2.36. The number of hydrogen-bond donors (Lipinski definition) is 1. The van der Waals surface area contributed by atoms with E-state index < -0.39 is 5.60 Å². The molecule has 1 atom stereocenters. The summed E-state index contributed by atoms with van der Waals surface area (Å²) in [6.07, 6.45) is 9.53. The minimum atomic E-state index is -0.607. The van der Waals surface area contributed by atoms with Crippen LogP contribution in [0.4, 0.5) is 0 Å². The van der Waals surface area contributed by atoms with Crippen LogP contribution in [0.25, 0.3) is 0 Å². The molecule has 0 amide bonds. The summed E-state index contributed by atoms with van der Waals surface area (Å²) in [5, 5.41) is 11.7. The molecule has 0 radical (unpaired) electrons. The maximum Gasteiger partial charge on any atom is 0.0952 e. The Bertz CT molecular complexity index is 374. The molecule has 112 valence electrons. The van der Waals surface area contributed by atoms with Gasteiger partial charge in [0.15, 0.2) is 0 Å². The van der Waals surface area contributed by atoms with E-state index in [2.05, 4.69) is 38.1 Å². The predicted octanol–water partition coefficient (Wildman–Crippen LogP) is 5.28. The molecular weight excluding hydrogens is 244 g/mol. The Morgan fingerprint density at radius 3 is 2.10 bits per heavy atom. The van der Waals surface area contributed by atoms with E-state index in [1.807, 2.05) is 6.07 Å². The lowest BCUT2D eigenvalue weighted by molar-refractivity contribution is -0.0815. The van der Waals surface area contributed by atoms with Crippen LogP contribution in [0.1, 0.15) is 70.8 Å². The molecule has 20 heavy (non-hydrogen) atoms. The highest BCUT2D eigenvalue weighted by Crippen LogP contribution is 2.48. The van der Waals surface area contributed by atoms with Gasteiger partial charge in [-0.25, -0.2) is 0 Å². The fraction of sp³-hybridized carbons (Fsp3) is 0.684. The van der Waals surface area contributed by atoms with E-state index in [-0.39, 0.29) is 0 Å². The number of benzene rings is 1. The Morgan fingerprint density at radius 2 is 1.60 bits per heavy atom. The molecule has 1 unspecified atom stereocenters. The van der Waals surface area contributed by atoms with Gasteiger partial charge in [0.05, 0.1) is 5.60 Å². The van der Waals surface area contributed by atoms with Gasteiger partial charge in [-0.3, -0.25) is 0 Å². The monoisotopic (exact) mass is 274 g/mol. The standard InChI is InChI=1S/C19H30O/c1-3-10-16(11-4-2)19(20,18-14-8-9-15-18)17-12-6-5-7-13-17/h5-7,12-13,16,18,20H,3-4,8-11,14-15H2,1-2H3. The maximum atomic E-state index is 11.7. The van der Waals surface area contributed by atoms with E-state index >= 15 is 0 Å². The summed E-state index contributed by atoms with van der Waals surface area (Å²) in [5.41, 5.74) is 0.544. The van der Waals surface area contributed by atoms with Crippen LogP contribution in [-0.4, -0.2) is 5.11 Å². The summed E-state index contributed by atoms with van der Waals surface area (Å²) in [6, 6.07) is 10.5. The van der Waals surface area contributed by atoms with Crippen molar-refractivity contribution in [2.24, 2.45) is 11.8 Å². The molecule has 0 saturated heterocycles. The Hall–Kier alpha value is -0.820. The van der Waals surface area contributed by atoms with Crippen molar-refractivity contribution in [3.05, 3.63) is 35.9 Å². The van der Waals surface area contributed by atoms with E-state index in [0.717, 1.165) is 31.2 Å². The molecule has 1 aromatic rings. The Kier molecular flexibility index (Phi) is 5.65. The van der Waals surface area contributed by atoms with Crippen LogP contribution in [0.5, 0.6) is 0 Å². The van der Waals surface area contributed by atoms with E-state index in [1.165, 1.54) is 25.7 Å². The molecule has 1 fully saturated rings. The SMILES string of the molecule is CCCC(CCC)C(O)(c1ccccc1)C1CCCC1. The highest BCUT2D eigenvalue weighted by atomic mass is 16.3. The van der Waals surface area contributed by atoms with Crippen molar-refractivity contribution in [3.8, 4) is 0 Å². The van der Waals surface area contributed by atoms with Crippen LogP contribution in [0.3, 0.4) is 0 Å². The van der Waals surface area contributed by atoms with Crippen molar-refractivity contribution >= 4 is 0 Å². The molecule has 1 aliphatic carbocycles. The van der Waals surface area contributed by atoms with Gasteiger partial charge in [-0.1, -0.05) is 69.9 Å². The third kappa shape index (κ3) is 3.09. The minimum Gasteiger partial charge on any atom is -0.385 e. The average molecular weight is 274 g/mol. The molecular formula is C19H30O. The van der Waals surface area contributed by atoms with Crippen molar-refractivity contribution in [1.82, 2.24) is 0 Å². The smallest absolute Gasteiger partial charge is 0.0952 e. The van der Waals surface area contributed by atoms with Gasteiger partial charge in [0, 0.05) is 0 Å². The van der Waals surface area contributed by atoms with Crippen LogP contribution in [0.15, 0.2) is 30.3 Å². The second-order valence-corrected chi connectivity index (χ2v) is 6.45. The van der Waals surface area contributed by atoms with Crippen LogP contribution in [-0.2, 0) is 5.60 Å². The highest BCUT2D eigenvalue weighted by Gasteiger charge is 2.44. The van der Waals surface area contributed by atoms with Gasteiger partial charge in [-0.15, -0.1) is 0 Å². The first kappa shape index (κ1) is 15.6. The van der Waals surface area contributed by atoms with E-state index in [4.69, 9.17) is 0 Å². The van der Waals surface area contributed by atoms with Gasteiger partial charge in [0.1, 0.15) is 0 Å². The molecule has 0 bridgehead atoms. The molecule has 0 spiro atoms. The Morgan fingerprint density at radius 1 is 1.05 bits per heavy atom. The van der Waals surface area contributed by atoms with Crippen molar-refractivity contribution in [2.75, 3.05) is 0 Å². The molecule has 1 heteroatoms. The summed E-state index contributed by atoms with van der Waals surface area (Å²) in [4.78, 5) is 0. The lowest BCUT2D eigenvalue weighted by atomic mass is 9.68. The molecule has 1 saturated carbocycles. The molecule has 0 aliphatic heterocycles. The number of rotatable bonds is 7. The van der Waals surface area contributed by atoms with E-state index in [0.29, 0.717) is 11.8 Å². The van der Waals surface area contributed by atoms with E-state index in [9.17, 15) is 5.11 Å². The van der Waals surface area contributed by atoms with E-state index in [1.54, 1.807) is 0 Å². The minimum absolute atomic E-state index is 0.406. The topological polar surface area (TPSA) is 20.2 Å². The largest absolute Gasteiger partial charge is 0.385 e. The maximum absolute atomic E-state index is 11.7. The zero-order chi connectivity index (χ0) is 14.4. The van der Waals surface area contributed by atoms with Gasteiger partial charge in [-0.05, 0) is 43.1 Å². The zero-order valence-electron chi connectivity index (χ0n) is 13.1. The number of hydrogen-bond acceptors (Lipinski definition) is 1. The Labute approximate surface area is 124 Å². The number of aliphatic hydroxyl groups is 1. The van der Waals surface area contributed by atoms with Crippen LogP contribution in [0.2, 0.25) is 0 Å². The fourth-order valence-corrected chi connectivity index (χ4v) is 4.16. The molecule has 2 rings (SSSR count). The van der Waals surface area contributed by atoms with Crippen LogP contribution >= 0.6 is 0 Å². The molecule has 1 N–H and O–H groups in total. The summed E-state index contributed by atoms with van der Waals surface area (Å²) in [6.45, 7) is 4.48. The lowest BCUT2D eigenvalue weighted by Gasteiger charge is -2.42. The summed E-state index contributed by atoms with van der Waals surface area (Å²) < 4.78 is 0. The van der Waals surface area contributed by atoms with Crippen molar-refractivity contribution in [1.29, 1.82) is 0 Å². The molecule has 1 aromatic carbocycles. The molecule has 0 heterocycles. The van der Waals surface area contributed by atoms with Gasteiger partial charge in [0.2, 0.25) is 0 Å². The lowest BCUT2D eigenvalue weighted by Crippen LogP contribution is -2.41. The van der Waals surface area contributed by atoms with Crippen molar-refractivity contribution in [2.45, 2.75) is 70.8 Å². The zero-order valence-corrected chi connectivity index (χ0v) is 13.1. The summed E-state index contributed by atoms with van der Waals surface area (Å²) >= 11 is 0. The normalized spacial score (nSPS) is 19.4. The molecule has 1 aliphatic rings. The first-order valence-corrected chi connectivity index (χ1v) is 8.51. The third-order valence-corrected chi connectivity index (χ3v) is 5.11. The average Bonchev–Trinajstić information content (AvgIpc) is 3.02. The van der Waals surface area contributed by atoms with Gasteiger partial charge >= 0.3 is 0 Å². The second kappa shape index (κ2) is 7.26. The third-order valence-electron chi connectivity index (χ3n) is 5.11. The van der Waals surface area contributed by atoms with Crippen LogP contribution in [0, 0.1) is 11.8 Å². The van der Waals surface area contributed by atoms with Gasteiger partial charge < -0.3 is 5.11 Å². The predicted molar refractivity (Wildman–Crippen MR) is 85.6 cm³/mol. The highest BCUT2D eigenvalue weighted by molar-refractivity contribution is 5.25. The van der Waals surface area contributed by atoms with Gasteiger partial charge in [-0.2, -0.15) is 0 Å². The summed E-state index contributed by atoms with van der Waals surface area (Å²) in [7, 11) is 0. The molecule has 1 nitrogen and oxygen atoms in total.